The third-order valence-electron chi connectivity index (χ3n) is 3.47. The largest absolute Gasteiger partial charge is 0.479 e. The molecule has 1 amide bonds. The molecule has 5 heteroatoms. The van der Waals surface area contributed by atoms with E-state index in [4.69, 9.17) is 9.84 Å². The summed E-state index contributed by atoms with van der Waals surface area (Å²) in [7, 11) is 0. The summed E-state index contributed by atoms with van der Waals surface area (Å²) in [5.74, 6) is -0.841. The fourth-order valence-corrected chi connectivity index (χ4v) is 2.11. The van der Waals surface area contributed by atoms with Crippen molar-refractivity contribution in [3.8, 4) is 0 Å². The maximum atomic E-state index is 12.0. The monoisotopic (exact) mass is 227 g/mol. The standard InChI is InChI=1S/C11H17NO4/c1-11(2)5-7(11)9(13)12-3-4-16-8(6-12)10(14)15/h7-8H,3-6H2,1-2H3,(H,14,15). The number of carboxylic acids is 1. The summed E-state index contributed by atoms with van der Waals surface area (Å²) in [6, 6.07) is 0. The summed E-state index contributed by atoms with van der Waals surface area (Å²) in [4.78, 5) is 24.4. The lowest BCUT2D eigenvalue weighted by Gasteiger charge is -2.31. The molecule has 1 aliphatic carbocycles. The minimum Gasteiger partial charge on any atom is -0.479 e. The first-order chi connectivity index (χ1) is 7.42. The summed E-state index contributed by atoms with van der Waals surface area (Å²) in [6.45, 7) is 5.13. The van der Waals surface area contributed by atoms with Crippen LogP contribution < -0.4 is 0 Å². The molecule has 90 valence electrons. The van der Waals surface area contributed by atoms with Crippen molar-refractivity contribution in [1.82, 2.24) is 4.90 Å². The van der Waals surface area contributed by atoms with E-state index in [9.17, 15) is 9.59 Å². The topological polar surface area (TPSA) is 66.8 Å². The molecule has 0 spiro atoms. The second-order valence-corrected chi connectivity index (χ2v) is 5.23. The van der Waals surface area contributed by atoms with Crippen molar-refractivity contribution >= 4 is 11.9 Å². The van der Waals surface area contributed by atoms with Crippen LogP contribution >= 0.6 is 0 Å². The van der Waals surface area contributed by atoms with Gasteiger partial charge in [-0.3, -0.25) is 4.79 Å². The fraction of sp³-hybridized carbons (Fsp3) is 0.818. The molecule has 1 saturated carbocycles. The van der Waals surface area contributed by atoms with E-state index in [1.54, 1.807) is 4.90 Å². The number of nitrogens with zero attached hydrogens (tertiary/aromatic N) is 1. The van der Waals surface area contributed by atoms with Crippen LogP contribution in [0.2, 0.25) is 0 Å². The molecule has 2 unspecified atom stereocenters. The van der Waals surface area contributed by atoms with Gasteiger partial charge in [-0.1, -0.05) is 13.8 Å². The van der Waals surface area contributed by atoms with Gasteiger partial charge in [0.1, 0.15) is 0 Å². The number of hydrogen-bond donors (Lipinski definition) is 1. The number of hydrogen-bond acceptors (Lipinski definition) is 3. The van der Waals surface area contributed by atoms with Gasteiger partial charge in [-0.25, -0.2) is 4.79 Å². The summed E-state index contributed by atoms with van der Waals surface area (Å²) < 4.78 is 5.08. The summed E-state index contributed by atoms with van der Waals surface area (Å²) in [5, 5.41) is 8.83. The van der Waals surface area contributed by atoms with Crippen molar-refractivity contribution in [1.29, 1.82) is 0 Å². The van der Waals surface area contributed by atoms with Crippen LogP contribution in [0.5, 0.6) is 0 Å². The molecule has 2 atom stereocenters. The lowest BCUT2D eigenvalue weighted by Crippen LogP contribution is -2.49. The number of aliphatic carboxylic acids is 1. The van der Waals surface area contributed by atoms with Crippen LogP contribution in [0.3, 0.4) is 0 Å². The van der Waals surface area contributed by atoms with Crippen LogP contribution in [0.1, 0.15) is 20.3 Å². The van der Waals surface area contributed by atoms with Gasteiger partial charge in [-0.15, -0.1) is 0 Å². The van der Waals surface area contributed by atoms with Gasteiger partial charge in [0, 0.05) is 12.5 Å². The van der Waals surface area contributed by atoms with E-state index >= 15 is 0 Å². The normalized spacial score (nSPS) is 32.2. The van der Waals surface area contributed by atoms with Gasteiger partial charge in [0.25, 0.3) is 0 Å². The average molecular weight is 227 g/mol. The van der Waals surface area contributed by atoms with E-state index in [0.717, 1.165) is 6.42 Å². The number of amides is 1. The minimum absolute atomic E-state index is 0.0695. The molecule has 0 aromatic heterocycles. The van der Waals surface area contributed by atoms with Crippen molar-refractivity contribution in [3.63, 3.8) is 0 Å². The Hall–Kier alpha value is -1.10. The van der Waals surface area contributed by atoms with Crippen LogP contribution in [0, 0.1) is 11.3 Å². The Kier molecular flexibility index (Phi) is 2.66. The molecule has 2 rings (SSSR count). The minimum atomic E-state index is -0.993. The third kappa shape index (κ3) is 2.04. The van der Waals surface area contributed by atoms with Crippen molar-refractivity contribution in [2.24, 2.45) is 11.3 Å². The maximum absolute atomic E-state index is 12.0. The fourth-order valence-electron chi connectivity index (χ4n) is 2.11. The Morgan fingerprint density at radius 2 is 2.06 bits per heavy atom. The molecule has 2 fully saturated rings. The molecule has 0 bridgehead atoms. The molecule has 2 aliphatic rings. The van der Waals surface area contributed by atoms with Gasteiger partial charge in [-0.2, -0.15) is 0 Å². The number of morpholine rings is 1. The molecule has 0 aromatic rings. The molecular formula is C11H17NO4. The first-order valence-corrected chi connectivity index (χ1v) is 5.55. The number of ether oxygens (including phenoxy) is 1. The van der Waals surface area contributed by atoms with E-state index in [1.165, 1.54) is 0 Å². The number of rotatable bonds is 2. The Labute approximate surface area is 94.4 Å². The highest BCUT2D eigenvalue weighted by Crippen LogP contribution is 2.52. The molecular weight excluding hydrogens is 210 g/mol. The van der Waals surface area contributed by atoms with E-state index < -0.39 is 12.1 Å². The van der Waals surface area contributed by atoms with Crippen LogP contribution in [0.4, 0.5) is 0 Å². The number of carboxylic acid groups (broad SMARTS) is 1. The van der Waals surface area contributed by atoms with Crippen LogP contribution in [-0.2, 0) is 14.3 Å². The molecule has 0 aromatic carbocycles. The van der Waals surface area contributed by atoms with Gasteiger partial charge >= 0.3 is 5.97 Å². The van der Waals surface area contributed by atoms with E-state index in [1.807, 2.05) is 0 Å². The van der Waals surface area contributed by atoms with Gasteiger partial charge in [0.05, 0.1) is 13.2 Å². The van der Waals surface area contributed by atoms with Crippen LogP contribution in [0.15, 0.2) is 0 Å². The molecule has 16 heavy (non-hydrogen) atoms. The number of carbonyl (C=O) groups excluding carboxylic acids is 1. The SMILES string of the molecule is CC1(C)CC1C(=O)N1CCOC(C(=O)O)C1. The zero-order valence-electron chi connectivity index (χ0n) is 9.60. The Morgan fingerprint density at radius 3 is 2.56 bits per heavy atom. The van der Waals surface area contributed by atoms with Crippen molar-refractivity contribution in [3.05, 3.63) is 0 Å². The predicted molar refractivity (Wildman–Crippen MR) is 55.8 cm³/mol. The molecule has 1 heterocycles. The van der Waals surface area contributed by atoms with E-state index in [0.29, 0.717) is 13.2 Å². The smallest absolute Gasteiger partial charge is 0.334 e. The van der Waals surface area contributed by atoms with E-state index in [-0.39, 0.29) is 23.8 Å². The Balaban J connectivity index is 1.95. The summed E-state index contributed by atoms with van der Waals surface area (Å²) >= 11 is 0. The predicted octanol–water partition coefficient (Wildman–Crippen LogP) is 0.344. The summed E-state index contributed by atoms with van der Waals surface area (Å²) in [5.41, 5.74) is 0.0914. The highest BCUT2D eigenvalue weighted by molar-refractivity contribution is 5.83. The molecule has 1 aliphatic heterocycles. The molecule has 5 nitrogen and oxygen atoms in total. The molecule has 1 saturated heterocycles. The Bertz CT molecular complexity index is 326. The lowest BCUT2D eigenvalue weighted by atomic mass is 10.1. The van der Waals surface area contributed by atoms with Crippen molar-refractivity contribution in [2.75, 3.05) is 19.7 Å². The highest BCUT2D eigenvalue weighted by atomic mass is 16.5. The molecule has 0 radical (unpaired) electrons. The van der Waals surface area contributed by atoms with Crippen LogP contribution in [0.25, 0.3) is 0 Å². The average Bonchev–Trinajstić information content (AvgIpc) is 2.87. The van der Waals surface area contributed by atoms with Gasteiger partial charge < -0.3 is 14.7 Å². The second kappa shape index (κ2) is 3.73. The first-order valence-electron chi connectivity index (χ1n) is 5.55. The van der Waals surface area contributed by atoms with Crippen LogP contribution in [-0.4, -0.2) is 47.7 Å². The zero-order chi connectivity index (χ0) is 11.9. The third-order valence-corrected chi connectivity index (χ3v) is 3.47. The molecule has 1 N–H and O–H groups in total. The summed E-state index contributed by atoms with van der Waals surface area (Å²) in [6.07, 6.45) is 0.0422. The van der Waals surface area contributed by atoms with Gasteiger partial charge in [-0.05, 0) is 11.8 Å². The van der Waals surface area contributed by atoms with Gasteiger partial charge in [0.15, 0.2) is 6.10 Å². The highest BCUT2D eigenvalue weighted by Gasteiger charge is 2.52. The maximum Gasteiger partial charge on any atom is 0.334 e. The van der Waals surface area contributed by atoms with E-state index in [2.05, 4.69) is 13.8 Å². The zero-order valence-corrected chi connectivity index (χ0v) is 9.60. The van der Waals surface area contributed by atoms with Crippen molar-refractivity contribution in [2.45, 2.75) is 26.4 Å². The van der Waals surface area contributed by atoms with Crippen molar-refractivity contribution < 1.29 is 19.4 Å². The number of carbonyl (C=O) groups is 2. The van der Waals surface area contributed by atoms with Gasteiger partial charge in [0.2, 0.25) is 5.91 Å². The Morgan fingerprint density at radius 1 is 1.44 bits per heavy atom. The quantitative estimate of drug-likeness (QED) is 0.739. The second-order valence-electron chi connectivity index (χ2n) is 5.23. The lowest BCUT2D eigenvalue weighted by molar-refractivity contribution is -0.159. The first kappa shape index (κ1) is 11.4.